The Morgan fingerprint density at radius 3 is 3.16 bits per heavy atom. The van der Waals surface area contributed by atoms with Gasteiger partial charge in [-0.1, -0.05) is 6.92 Å². The zero-order valence-electron chi connectivity index (χ0n) is 11.2. The van der Waals surface area contributed by atoms with Crippen molar-refractivity contribution in [2.24, 2.45) is 0 Å². The van der Waals surface area contributed by atoms with E-state index in [0.29, 0.717) is 13.2 Å². The van der Waals surface area contributed by atoms with Crippen molar-refractivity contribution < 1.29 is 14.3 Å². The number of hydrogen-bond donors (Lipinski definition) is 0. The van der Waals surface area contributed by atoms with Gasteiger partial charge in [0.05, 0.1) is 13.2 Å². The van der Waals surface area contributed by atoms with Gasteiger partial charge < -0.3 is 9.47 Å². The smallest absolute Gasteiger partial charge is 0.192 e. The number of benzene rings is 1. The number of fused-ring (bicyclic) bond motifs is 1. The quantitative estimate of drug-likeness (QED) is 0.773. The van der Waals surface area contributed by atoms with Crippen molar-refractivity contribution in [1.29, 1.82) is 0 Å². The standard InChI is InChI=1S/C15H19NO3/c1-2-16-6-8-19-14(10-16)15(17)12-3-4-13-11(9-12)5-7-18-13/h3-4,9,14H,2,5-8,10H2,1H3. The molecule has 0 saturated carbocycles. The monoisotopic (exact) mass is 261 g/mol. The first-order valence-corrected chi connectivity index (χ1v) is 6.92. The maximum absolute atomic E-state index is 12.5. The van der Waals surface area contributed by atoms with Crippen molar-refractivity contribution in [2.75, 3.05) is 32.8 Å². The first-order valence-electron chi connectivity index (χ1n) is 6.92. The fourth-order valence-electron chi connectivity index (χ4n) is 2.67. The van der Waals surface area contributed by atoms with Crippen LogP contribution in [0, 0.1) is 0 Å². The van der Waals surface area contributed by atoms with Crippen LogP contribution >= 0.6 is 0 Å². The number of rotatable bonds is 3. The molecule has 1 atom stereocenters. The topological polar surface area (TPSA) is 38.8 Å². The summed E-state index contributed by atoms with van der Waals surface area (Å²) in [7, 11) is 0. The number of carbonyl (C=O) groups excluding carboxylic acids is 1. The summed E-state index contributed by atoms with van der Waals surface area (Å²) in [6.45, 7) is 6.04. The van der Waals surface area contributed by atoms with Crippen molar-refractivity contribution in [1.82, 2.24) is 4.90 Å². The molecule has 1 aromatic rings. The Balaban J connectivity index is 1.76. The maximum atomic E-state index is 12.5. The molecule has 2 aliphatic heterocycles. The van der Waals surface area contributed by atoms with E-state index in [1.165, 1.54) is 0 Å². The molecule has 3 rings (SSSR count). The van der Waals surface area contributed by atoms with E-state index < -0.39 is 0 Å². The van der Waals surface area contributed by atoms with Gasteiger partial charge in [-0.3, -0.25) is 9.69 Å². The summed E-state index contributed by atoms with van der Waals surface area (Å²) in [5, 5.41) is 0. The molecule has 4 nitrogen and oxygen atoms in total. The van der Waals surface area contributed by atoms with Crippen molar-refractivity contribution >= 4 is 5.78 Å². The molecular weight excluding hydrogens is 242 g/mol. The second-order valence-corrected chi connectivity index (χ2v) is 5.04. The number of hydrogen-bond acceptors (Lipinski definition) is 4. The van der Waals surface area contributed by atoms with Crippen LogP contribution in [0.4, 0.5) is 0 Å². The SMILES string of the molecule is CCN1CCOC(C(=O)c2ccc3c(c2)CCO3)C1. The number of Topliss-reactive ketones (excluding diaryl/α,β-unsaturated/α-hetero) is 1. The molecule has 1 aromatic carbocycles. The second-order valence-electron chi connectivity index (χ2n) is 5.04. The Bertz CT molecular complexity index is 486. The van der Waals surface area contributed by atoms with Crippen molar-refractivity contribution in [3.05, 3.63) is 29.3 Å². The number of ketones is 1. The van der Waals surface area contributed by atoms with Crippen LogP contribution in [0.3, 0.4) is 0 Å². The van der Waals surface area contributed by atoms with Crippen LogP contribution in [0.2, 0.25) is 0 Å². The number of morpholine rings is 1. The Morgan fingerprint density at radius 1 is 1.42 bits per heavy atom. The zero-order chi connectivity index (χ0) is 13.2. The highest BCUT2D eigenvalue weighted by Gasteiger charge is 2.27. The molecule has 0 N–H and O–H groups in total. The molecule has 4 heteroatoms. The second kappa shape index (κ2) is 5.31. The average Bonchev–Trinajstić information content (AvgIpc) is 2.94. The summed E-state index contributed by atoms with van der Waals surface area (Å²) < 4.78 is 11.1. The molecule has 0 bridgehead atoms. The van der Waals surface area contributed by atoms with Crippen molar-refractivity contribution in [2.45, 2.75) is 19.4 Å². The molecule has 1 fully saturated rings. The predicted molar refractivity (Wildman–Crippen MR) is 71.8 cm³/mol. The van der Waals surface area contributed by atoms with E-state index >= 15 is 0 Å². The summed E-state index contributed by atoms with van der Waals surface area (Å²) in [5.41, 5.74) is 1.88. The van der Waals surface area contributed by atoms with E-state index in [2.05, 4.69) is 11.8 Å². The molecule has 1 saturated heterocycles. The third-order valence-electron chi connectivity index (χ3n) is 3.86. The number of ether oxygens (including phenoxy) is 2. The van der Waals surface area contributed by atoms with Crippen LogP contribution in [-0.4, -0.2) is 49.6 Å². The van der Waals surface area contributed by atoms with Gasteiger partial charge in [0.25, 0.3) is 0 Å². The van der Waals surface area contributed by atoms with Gasteiger partial charge in [-0.15, -0.1) is 0 Å². The Morgan fingerprint density at radius 2 is 2.32 bits per heavy atom. The van der Waals surface area contributed by atoms with Crippen LogP contribution in [0.15, 0.2) is 18.2 Å². The van der Waals surface area contributed by atoms with E-state index in [4.69, 9.17) is 9.47 Å². The Hall–Kier alpha value is -1.39. The van der Waals surface area contributed by atoms with E-state index in [-0.39, 0.29) is 11.9 Å². The lowest BCUT2D eigenvalue weighted by Gasteiger charge is -2.31. The minimum Gasteiger partial charge on any atom is -0.493 e. The van der Waals surface area contributed by atoms with Crippen LogP contribution < -0.4 is 4.74 Å². The number of carbonyl (C=O) groups is 1. The Kier molecular flexibility index (Phi) is 3.53. The van der Waals surface area contributed by atoms with Crippen molar-refractivity contribution in [3.8, 4) is 5.75 Å². The number of likely N-dealkylation sites (N-methyl/N-ethyl adjacent to an activating group) is 1. The molecule has 19 heavy (non-hydrogen) atoms. The molecule has 0 aromatic heterocycles. The third kappa shape index (κ3) is 2.51. The molecule has 0 aliphatic carbocycles. The van der Waals surface area contributed by atoms with Gasteiger partial charge in [0.2, 0.25) is 0 Å². The normalized spacial score (nSPS) is 22.9. The molecule has 2 aliphatic rings. The molecule has 102 valence electrons. The molecule has 0 spiro atoms. The van der Waals surface area contributed by atoms with Crippen LogP contribution in [0.5, 0.6) is 5.75 Å². The fourth-order valence-corrected chi connectivity index (χ4v) is 2.67. The minimum absolute atomic E-state index is 0.0906. The molecule has 0 radical (unpaired) electrons. The largest absolute Gasteiger partial charge is 0.493 e. The van der Waals surface area contributed by atoms with E-state index in [1.54, 1.807) is 0 Å². The van der Waals surface area contributed by atoms with E-state index in [9.17, 15) is 4.79 Å². The minimum atomic E-state index is -0.325. The zero-order valence-corrected chi connectivity index (χ0v) is 11.2. The summed E-state index contributed by atoms with van der Waals surface area (Å²) in [4.78, 5) is 14.7. The van der Waals surface area contributed by atoms with Gasteiger partial charge in [0.15, 0.2) is 5.78 Å². The highest BCUT2D eigenvalue weighted by Crippen LogP contribution is 2.26. The van der Waals surface area contributed by atoms with Crippen LogP contribution in [0.1, 0.15) is 22.8 Å². The predicted octanol–water partition coefficient (Wildman–Crippen LogP) is 1.52. The fraction of sp³-hybridized carbons (Fsp3) is 0.533. The first-order chi connectivity index (χ1) is 9.28. The number of nitrogens with zero attached hydrogens (tertiary/aromatic N) is 1. The van der Waals surface area contributed by atoms with Gasteiger partial charge in [-0.05, 0) is 30.3 Å². The lowest BCUT2D eigenvalue weighted by Crippen LogP contribution is -2.45. The van der Waals surface area contributed by atoms with Crippen LogP contribution in [0.25, 0.3) is 0 Å². The summed E-state index contributed by atoms with van der Waals surface area (Å²) >= 11 is 0. The third-order valence-corrected chi connectivity index (χ3v) is 3.86. The molecule has 0 amide bonds. The Labute approximate surface area is 113 Å². The maximum Gasteiger partial charge on any atom is 0.192 e. The van der Waals surface area contributed by atoms with Gasteiger partial charge in [-0.25, -0.2) is 0 Å². The molecule has 2 heterocycles. The lowest BCUT2D eigenvalue weighted by atomic mass is 10.0. The van der Waals surface area contributed by atoms with E-state index in [1.807, 2.05) is 18.2 Å². The highest BCUT2D eigenvalue weighted by atomic mass is 16.5. The van der Waals surface area contributed by atoms with Crippen LogP contribution in [-0.2, 0) is 11.2 Å². The summed E-state index contributed by atoms with van der Waals surface area (Å²) in [5.74, 6) is 1.00. The van der Waals surface area contributed by atoms with Gasteiger partial charge >= 0.3 is 0 Å². The van der Waals surface area contributed by atoms with Gasteiger partial charge in [-0.2, -0.15) is 0 Å². The summed E-state index contributed by atoms with van der Waals surface area (Å²) in [6.07, 6.45) is 0.567. The molecule has 1 unspecified atom stereocenters. The van der Waals surface area contributed by atoms with E-state index in [0.717, 1.165) is 43.0 Å². The summed E-state index contributed by atoms with van der Waals surface area (Å²) in [6, 6.07) is 5.70. The lowest BCUT2D eigenvalue weighted by molar-refractivity contribution is -0.0148. The highest BCUT2D eigenvalue weighted by molar-refractivity contribution is 6.00. The van der Waals surface area contributed by atoms with Gasteiger partial charge in [0, 0.05) is 25.1 Å². The van der Waals surface area contributed by atoms with Crippen molar-refractivity contribution in [3.63, 3.8) is 0 Å². The van der Waals surface area contributed by atoms with Gasteiger partial charge in [0.1, 0.15) is 11.9 Å². The average molecular weight is 261 g/mol. The molecular formula is C15H19NO3. The first kappa shape index (κ1) is 12.6.